The minimum Gasteiger partial charge on any atom is -0.496 e. The van der Waals surface area contributed by atoms with Crippen LogP contribution in [0.1, 0.15) is 21.5 Å². The van der Waals surface area contributed by atoms with Gasteiger partial charge in [0.2, 0.25) is 0 Å². The topological polar surface area (TPSA) is 45.7 Å². The highest BCUT2D eigenvalue weighted by Crippen LogP contribution is 2.33. The Labute approximate surface area is 173 Å². The molecule has 146 valence electrons. The van der Waals surface area contributed by atoms with Crippen LogP contribution >= 0.6 is 22.9 Å². The van der Waals surface area contributed by atoms with Gasteiger partial charge in [0, 0.05) is 31.2 Å². The van der Waals surface area contributed by atoms with Crippen molar-refractivity contribution < 1.29 is 9.53 Å². The van der Waals surface area contributed by atoms with Gasteiger partial charge >= 0.3 is 0 Å². The zero-order chi connectivity index (χ0) is 19.8. The van der Waals surface area contributed by atoms with Gasteiger partial charge in [-0.05, 0) is 43.2 Å². The Morgan fingerprint density at radius 2 is 1.82 bits per heavy atom. The monoisotopic (exact) mass is 415 g/mol. The standard InChI is InChI=1S/C21H22ClN3O2S/c1-13-4-5-14(2)19-18(13)23-21(28-19)25-10-8-24(9-11-25)20(26)16-12-15(22)6-7-17(16)27-3/h4-7,12H,8-11H2,1-3H3. The van der Waals surface area contributed by atoms with Crippen LogP contribution in [-0.2, 0) is 0 Å². The molecule has 0 N–H and O–H groups in total. The van der Waals surface area contributed by atoms with Crippen molar-refractivity contribution in [2.75, 3.05) is 38.2 Å². The molecule has 28 heavy (non-hydrogen) atoms. The summed E-state index contributed by atoms with van der Waals surface area (Å²) in [6.45, 7) is 7.02. The van der Waals surface area contributed by atoms with Crippen molar-refractivity contribution >= 4 is 44.2 Å². The molecule has 0 atom stereocenters. The molecule has 1 aliphatic rings. The van der Waals surface area contributed by atoms with Crippen LogP contribution in [0.25, 0.3) is 10.2 Å². The van der Waals surface area contributed by atoms with Crippen molar-refractivity contribution in [3.8, 4) is 5.75 Å². The highest BCUT2D eigenvalue weighted by atomic mass is 35.5. The number of piperazine rings is 1. The fraction of sp³-hybridized carbons (Fsp3) is 0.333. The summed E-state index contributed by atoms with van der Waals surface area (Å²) in [6, 6.07) is 9.41. The number of rotatable bonds is 3. The van der Waals surface area contributed by atoms with Crippen molar-refractivity contribution in [3.63, 3.8) is 0 Å². The van der Waals surface area contributed by atoms with Gasteiger partial charge in [-0.3, -0.25) is 4.79 Å². The second kappa shape index (κ2) is 7.60. The third-order valence-corrected chi connectivity index (χ3v) is 6.65. The lowest BCUT2D eigenvalue weighted by molar-refractivity contribution is 0.0743. The summed E-state index contributed by atoms with van der Waals surface area (Å²) in [7, 11) is 1.56. The molecule has 3 aromatic rings. The van der Waals surface area contributed by atoms with Gasteiger partial charge < -0.3 is 14.5 Å². The van der Waals surface area contributed by atoms with E-state index in [0.29, 0.717) is 29.4 Å². The number of hydrogen-bond acceptors (Lipinski definition) is 5. The Bertz CT molecular complexity index is 1000. The smallest absolute Gasteiger partial charge is 0.257 e. The number of anilines is 1. The van der Waals surface area contributed by atoms with E-state index < -0.39 is 0 Å². The predicted octanol–water partition coefficient (Wildman–Crippen LogP) is 4.54. The Balaban J connectivity index is 1.51. The highest BCUT2D eigenvalue weighted by Gasteiger charge is 2.26. The van der Waals surface area contributed by atoms with E-state index in [2.05, 4.69) is 30.9 Å². The number of benzene rings is 2. The molecule has 0 spiro atoms. The maximum Gasteiger partial charge on any atom is 0.257 e. The Kier molecular flexibility index (Phi) is 5.17. The number of halogens is 1. The maximum atomic E-state index is 13.0. The van der Waals surface area contributed by atoms with E-state index in [-0.39, 0.29) is 5.91 Å². The average molecular weight is 416 g/mol. The van der Waals surface area contributed by atoms with E-state index >= 15 is 0 Å². The van der Waals surface area contributed by atoms with Crippen LogP contribution in [0.3, 0.4) is 0 Å². The number of fused-ring (bicyclic) bond motifs is 1. The summed E-state index contributed by atoms with van der Waals surface area (Å²) >= 11 is 7.82. The summed E-state index contributed by atoms with van der Waals surface area (Å²) in [5, 5.41) is 1.56. The fourth-order valence-electron chi connectivity index (χ4n) is 3.50. The molecule has 0 bridgehead atoms. The summed E-state index contributed by atoms with van der Waals surface area (Å²) in [4.78, 5) is 22.0. The van der Waals surface area contributed by atoms with E-state index in [0.717, 1.165) is 23.7 Å². The van der Waals surface area contributed by atoms with E-state index in [1.807, 2.05) is 4.90 Å². The largest absolute Gasteiger partial charge is 0.496 e. The van der Waals surface area contributed by atoms with E-state index in [1.54, 1.807) is 36.6 Å². The van der Waals surface area contributed by atoms with Crippen LogP contribution in [0.15, 0.2) is 30.3 Å². The van der Waals surface area contributed by atoms with E-state index in [4.69, 9.17) is 21.3 Å². The Morgan fingerprint density at radius 1 is 1.11 bits per heavy atom. The first-order valence-electron chi connectivity index (χ1n) is 9.22. The van der Waals surface area contributed by atoms with Crippen LogP contribution in [0, 0.1) is 13.8 Å². The Hall–Kier alpha value is -2.31. The molecule has 0 saturated carbocycles. The van der Waals surface area contributed by atoms with Crippen LogP contribution in [-0.4, -0.2) is 49.1 Å². The molecular formula is C21H22ClN3O2S. The number of carbonyl (C=O) groups is 1. The number of hydrogen-bond donors (Lipinski definition) is 0. The first-order chi connectivity index (χ1) is 13.5. The molecule has 1 amide bonds. The van der Waals surface area contributed by atoms with Gasteiger partial charge in [0.25, 0.3) is 5.91 Å². The molecule has 1 fully saturated rings. The van der Waals surface area contributed by atoms with Crippen LogP contribution in [0.2, 0.25) is 5.02 Å². The fourth-order valence-corrected chi connectivity index (χ4v) is 4.84. The number of carbonyl (C=O) groups excluding carboxylic acids is 1. The number of amides is 1. The first kappa shape index (κ1) is 19.0. The van der Waals surface area contributed by atoms with Gasteiger partial charge in [0.05, 0.1) is 22.9 Å². The molecule has 2 heterocycles. The van der Waals surface area contributed by atoms with Crippen LogP contribution < -0.4 is 9.64 Å². The molecule has 1 aliphatic heterocycles. The lowest BCUT2D eigenvalue weighted by atomic mass is 10.1. The molecule has 1 saturated heterocycles. The molecule has 5 nitrogen and oxygen atoms in total. The van der Waals surface area contributed by atoms with Crippen LogP contribution in [0.4, 0.5) is 5.13 Å². The number of nitrogens with zero attached hydrogens (tertiary/aromatic N) is 3. The molecule has 0 radical (unpaired) electrons. The van der Waals surface area contributed by atoms with Gasteiger partial charge in [0.1, 0.15) is 5.75 Å². The summed E-state index contributed by atoms with van der Waals surface area (Å²) in [5.74, 6) is 0.504. The second-order valence-electron chi connectivity index (χ2n) is 7.00. The van der Waals surface area contributed by atoms with Gasteiger partial charge in [-0.25, -0.2) is 4.98 Å². The molecule has 1 aromatic heterocycles. The van der Waals surface area contributed by atoms with Gasteiger partial charge in [-0.15, -0.1) is 0 Å². The minimum absolute atomic E-state index is 0.0463. The average Bonchev–Trinajstić information content (AvgIpc) is 3.17. The van der Waals surface area contributed by atoms with Crippen LogP contribution in [0.5, 0.6) is 5.75 Å². The molecular weight excluding hydrogens is 394 g/mol. The Morgan fingerprint density at radius 3 is 2.50 bits per heavy atom. The zero-order valence-electron chi connectivity index (χ0n) is 16.2. The number of aryl methyl sites for hydroxylation is 2. The molecule has 0 unspecified atom stereocenters. The lowest BCUT2D eigenvalue weighted by Crippen LogP contribution is -2.48. The second-order valence-corrected chi connectivity index (χ2v) is 8.41. The molecule has 4 rings (SSSR count). The predicted molar refractivity (Wildman–Crippen MR) is 115 cm³/mol. The van der Waals surface area contributed by atoms with E-state index in [9.17, 15) is 4.79 Å². The minimum atomic E-state index is -0.0463. The summed E-state index contributed by atoms with van der Waals surface area (Å²) < 4.78 is 6.58. The van der Waals surface area contributed by atoms with Crippen molar-refractivity contribution in [1.29, 1.82) is 0 Å². The summed E-state index contributed by atoms with van der Waals surface area (Å²) in [6.07, 6.45) is 0. The lowest BCUT2D eigenvalue weighted by Gasteiger charge is -2.34. The third kappa shape index (κ3) is 3.42. The number of thiazole rings is 1. The zero-order valence-corrected chi connectivity index (χ0v) is 17.7. The molecule has 2 aromatic carbocycles. The SMILES string of the molecule is COc1ccc(Cl)cc1C(=O)N1CCN(c2nc3c(C)ccc(C)c3s2)CC1. The third-order valence-electron chi connectivity index (χ3n) is 5.16. The van der Waals surface area contributed by atoms with E-state index in [1.165, 1.54) is 15.8 Å². The van der Waals surface area contributed by atoms with Gasteiger partial charge in [-0.2, -0.15) is 0 Å². The normalized spacial score (nSPS) is 14.6. The summed E-state index contributed by atoms with van der Waals surface area (Å²) in [5.41, 5.74) is 4.05. The highest BCUT2D eigenvalue weighted by molar-refractivity contribution is 7.22. The van der Waals surface area contributed by atoms with Crippen molar-refractivity contribution in [1.82, 2.24) is 9.88 Å². The quantitative estimate of drug-likeness (QED) is 0.630. The van der Waals surface area contributed by atoms with Gasteiger partial charge in [0.15, 0.2) is 5.13 Å². The first-order valence-corrected chi connectivity index (χ1v) is 10.4. The maximum absolute atomic E-state index is 13.0. The number of methoxy groups -OCH3 is 1. The number of ether oxygens (including phenoxy) is 1. The van der Waals surface area contributed by atoms with Crippen molar-refractivity contribution in [3.05, 3.63) is 52.0 Å². The molecule has 0 aliphatic carbocycles. The van der Waals surface area contributed by atoms with Crippen molar-refractivity contribution in [2.24, 2.45) is 0 Å². The molecule has 7 heteroatoms. The number of aromatic nitrogens is 1. The van der Waals surface area contributed by atoms with Crippen molar-refractivity contribution in [2.45, 2.75) is 13.8 Å². The van der Waals surface area contributed by atoms with Gasteiger partial charge in [-0.1, -0.05) is 35.1 Å².